The molecule has 6 nitrogen and oxygen atoms in total. The molecule has 0 bridgehead atoms. The molecule has 1 aliphatic rings. The summed E-state index contributed by atoms with van der Waals surface area (Å²) in [5.74, 6) is 0.0655. The molecule has 4 rings (SSSR count). The lowest BCUT2D eigenvalue weighted by Crippen LogP contribution is -2.42. The maximum atomic E-state index is 12.9. The number of nitrogens with zero attached hydrogens (tertiary/aromatic N) is 3. The number of piperidine rings is 1. The van der Waals surface area contributed by atoms with E-state index in [9.17, 15) is 9.59 Å². The van der Waals surface area contributed by atoms with Gasteiger partial charge in [-0.05, 0) is 57.0 Å². The number of nitrogens with one attached hydrogen (secondary N) is 1. The molecular weight excluding hydrogens is 364 g/mol. The van der Waals surface area contributed by atoms with Crippen molar-refractivity contribution in [2.45, 2.75) is 51.6 Å². The monoisotopic (exact) mass is 394 g/mol. The van der Waals surface area contributed by atoms with E-state index >= 15 is 0 Å². The summed E-state index contributed by atoms with van der Waals surface area (Å²) < 4.78 is 3.73. The zero-order chi connectivity index (χ0) is 20.2. The molecule has 29 heavy (non-hydrogen) atoms. The van der Waals surface area contributed by atoms with Crippen molar-refractivity contribution in [3.8, 4) is 0 Å². The minimum absolute atomic E-state index is 0.00630. The lowest BCUT2D eigenvalue weighted by Gasteiger charge is -2.33. The Labute approximate surface area is 171 Å². The molecule has 0 aliphatic carbocycles. The molecule has 3 heterocycles. The zero-order valence-electron chi connectivity index (χ0n) is 17.1. The molecule has 0 spiro atoms. The number of carbonyl (C=O) groups excluding carboxylic acids is 1. The van der Waals surface area contributed by atoms with Crippen molar-refractivity contribution in [1.29, 1.82) is 0 Å². The van der Waals surface area contributed by atoms with E-state index in [-0.39, 0.29) is 11.5 Å². The zero-order valence-corrected chi connectivity index (χ0v) is 17.1. The van der Waals surface area contributed by atoms with Gasteiger partial charge in [0.05, 0.1) is 11.0 Å². The Bertz CT molecular complexity index is 1050. The summed E-state index contributed by atoms with van der Waals surface area (Å²) in [4.78, 5) is 27.6. The highest BCUT2D eigenvalue weighted by molar-refractivity contribution is 5.79. The van der Waals surface area contributed by atoms with Crippen LogP contribution in [0.4, 0.5) is 0 Å². The van der Waals surface area contributed by atoms with Crippen molar-refractivity contribution in [1.82, 2.24) is 19.2 Å². The van der Waals surface area contributed by atoms with Gasteiger partial charge in [0.25, 0.3) is 5.56 Å². The average molecular weight is 395 g/mol. The third kappa shape index (κ3) is 4.22. The summed E-state index contributed by atoms with van der Waals surface area (Å²) >= 11 is 0. The predicted molar refractivity (Wildman–Crippen MR) is 116 cm³/mol. The average Bonchev–Trinajstić information content (AvgIpc) is 3.22. The van der Waals surface area contributed by atoms with Gasteiger partial charge in [-0.3, -0.25) is 14.5 Å². The number of aryl methyl sites for hydroxylation is 1. The molecule has 1 atom stereocenters. The van der Waals surface area contributed by atoms with Crippen LogP contribution in [-0.2, 0) is 11.3 Å². The first-order valence-corrected chi connectivity index (χ1v) is 10.7. The highest BCUT2D eigenvalue weighted by atomic mass is 16.1. The topological polar surface area (TPSA) is 58.8 Å². The summed E-state index contributed by atoms with van der Waals surface area (Å²) in [6.45, 7) is 5.56. The van der Waals surface area contributed by atoms with Crippen LogP contribution in [0.1, 0.15) is 39.0 Å². The molecule has 154 valence electrons. The maximum Gasteiger partial charge on any atom is 0.275 e. The minimum atomic E-state index is -0.00630. The second-order valence-electron chi connectivity index (χ2n) is 8.04. The van der Waals surface area contributed by atoms with Crippen molar-refractivity contribution in [3.63, 3.8) is 0 Å². The van der Waals surface area contributed by atoms with Crippen molar-refractivity contribution in [2.24, 2.45) is 0 Å². The summed E-state index contributed by atoms with van der Waals surface area (Å²) in [5, 5.41) is 3.04. The fourth-order valence-corrected chi connectivity index (χ4v) is 4.45. The van der Waals surface area contributed by atoms with E-state index < -0.39 is 0 Å². The number of amides is 1. The van der Waals surface area contributed by atoms with Crippen molar-refractivity contribution in [3.05, 3.63) is 52.9 Å². The number of carbonyl (C=O) groups is 1. The van der Waals surface area contributed by atoms with Gasteiger partial charge in [-0.1, -0.05) is 18.6 Å². The Balaban J connectivity index is 1.34. The third-order valence-electron chi connectivity index (χ3n) is 6.09. The number of aromatic nitrogens is 2. The number of fused-ring (bicyclic) bond motifs is 3. The molecule has 2 aromatic heterocycles. The Morgan fingerprint density at radius 2 is 1.86 bits per heavy atom. The lowest BCUT2D eigenvalue weighted by atomic mass is 10.0. The number of rotatable bonds is 7. The lowest BCUT2D eigenvalue weighted by molar-refractivity contribution is -0.121. The van der Waals surface area contributed by atoms with Gasteiger partial charge in [-0.15, -0.1) is 0 Å². The number of likely N-dealkylation sites (tertiary alicyclic amines) is 1. The number of hydrogen-bond donors (Lipinski definition) is 1. The SMILES string of the molecule is C[C@@H]1CCCCN1CCNC(=O)CCCn1c(=O)c2cccn2c2ccccc21. The summed E-state index contributed by atoms with van der Waals surface area (Å²) in [6, 6.07) is 12.3. The quantitative estimate of drug-likeness (QED) is 0.670. The second kappa shape index (κ2) is 8.82. The van der Waals surface area contributed by atoms with Crippen LogP contribution in [0.15, 0.2) is 47.4 Å². The molecular formula is C23H30N4O2. The Hall–Kier alpha value is -2.60. The van der Waals surface area contributed by atoms with E-state index in [2.05, 4.69) is 17.1 Å². The minimum Gasteiger partial charge on any atom is -0.355 e. The van der Waals surface area contributed by atoms with E-state index in [0.29, 0.717) is 37.5 Å². The molecule has 0 saturated carbocycles. The van der Waals surface area contributed by atoms with Gasteiger partial charge >= 0.3 is 0 Å². The molecule has 1 saturated heterocycles. The Morgan fingerprint density at radius 3 is 2.69 bits per heavy atom. The van der Waals surface area contributed by atoms with E-state index in [0.717, 1.165) is 24.1 Å². The van der Waals surface area contributed by atoms with Crippen molar-refractivity contribution in [2.75, 3.05) is 19.6 Å². The first-order chi connectivity index (χ1) is 14.1. The smallest absolute Gasteiger partial charge is 0.275 e. The molecule has 1 fully saturated rings. The van der Waals surface area contributed by atoms with Crippen LogP contribution in [0.5, 0.6) is 0 Å². The van der Waals surface area contributed by atoms with Crippen LogP contribution in [0.2, 0.25) is 0 Å². The molecule has 0 unspecified atom stereocenters. The molecule has 0 radical (unpaired) electrons. The van der Waals surface area contributed by atoms with Crippen molar-refractivity contribution >= 4 is 22.5 Å². The number of para-hydroxylation sites is 2. The van der Waals surface area contributed by atoms with Crippen LogP contribution in [0, 0.1) is 0 Å². The third-order valence-corrected chi connectivity index (χ3v) is 6.09. The molecule has 1 N–H and O–H groups in total. The van der Waals surface area contributed by atoms with E-state index in [1.165, 1.54) is 19.3 Å². The second-order valence-corrected chi connectivity index (χ2v) is 8.04. The fourth-order valence-electron chi connectivity index (χ4n) is 4.45. The summed E-state index contributed by atoms with van der Waals surface area (Å²) in [7, 11) is 0. The van der Waals surface area contributed by atoms with Gasteiger partial charge in [0, 0.05) is 38.3 Å². The van der Waals surface area contributed by atoms with E-state index in [1.54, 1.807) is 4.57 Å². The first kappa shape index (κ1) is 19.7. The molecule has 1 amide bonds. The standard InChI is InChI=1S/C23H30N4O2/c1-18-8-4-5-14-25(18)17-13-24-22(28)12-7-16-27-20-10-3-2-9-19(20)26-15-6-11-21(26)23(27)29/h2-3,6,9-11,15,18H,4-5,7-8,12-14,16-17H2,1H3,(H,24,28)/t18-/m1/s1. The van der Waals surface area contributed by atoms with Gasteiger partial charge in [0.1, 0.15) is 5.52 Å². The van der Waals surface area contributed by atoms with E-state index in [1.807, 2.05) is 47.0 Å². The number of benzene rings is 1. The fraction of sp³-hybridized carbons (Fsp3) is 0.478. The maximum absolute atomic E-state index is 12.9. The van der Waals surface area contributed by atoms with Crippen molar-refractivity contribution < 1.29 is 4.79 Å². The highest BCUT2D eigenvalue weighted by Gasteiger charge is 2.17. The summed E-state index contributed by atoms with van der Waals surface area (Å²) in [6.07, 6.45) is 6.82. The molecule has 6 heteroatoms. The van der Waals surface area contributed by atoms with Gasteiger partial charge in [-0.25, -0.2) is 0 Å². The van der Waals surface area contributed by atoms with Crippen LogP contribution in [0.3, 0.4) is 0 Å². The van der Waals surface area contributed by atoms with Crippen LogP contribution < -0.4 is 10.9 Å². The van der Waals surface area contributed by atoms with Gasteiger partial charge in [-0.2, -0.15) is 0 Å². The highest BCUT2D eigenvalue weighted by Crippen LogP contribution is 2.16. The van der Waals surface area contributed by atoms with Crippen LogP contribution in [-0.4, -0.2) is 45.5 Å². The Kier molecular flexibility index (Phi) is 6.00. The first-order valence-electron chi connectivity index (χ1n) is 10.7. The van der Waals surface area contributed by atoms with Gasteiger partial charge < -0.3 is 14.3 Å². The van der Waals surface area contributed by atoms with Crippen LogP contribution >= 0.6 is 0 Å². The number of hydrogen-bond acceptors (Lipinski definition) is 3. The van der Waals surface area contributed by atoms with Crippen LogP contribution in [0.25, 0.3) is 16.6 Å². The largest absolute Gasteiger partial charge is 0.355 e. The van der Waals surface area contributed by atoms with E-state index in [4.69, 9.17) is 0 Å². The normalized spacial score (nSPS) is 17.8. The Morgan fingerprint density at radius 1 is 1.07 bits per heavy atom. The predicted octanol–water partition coefficient (Wildman–Crippen LogP) is 3.03. The van der Waals surface area contributed by atoms with Gasteiger partial charge in [0.2, 0.25) is 5.91 Å². The summed E-state index contributed by atoms with van der Waals surface area (Å²) in [5.41, 5.74) is 2.57. The molecule has 1 aromatic carbocycles. The molecule has 3 aromatic rings. The molecule has 1 aliphatic heterocycles. The van der Waals surface area contributed by atoms with Gasteiger partial charge in [0.15, 0.2) is 0 Å².